The second-order valence-corrected chi connectivity index (χ2v) is 5.68. The molecule has 1 aliphatic rings. The maximum atomic E-state index is 9.64. The Morgan fingerprint density at radius 2 is 1.53 bits per heavy atom. The summed E-state index contributed by atoms with van der Waals surface area (Å²) in [4.78, 5) is 0. The summed E-state index contributed by atoms with van der Waals surface area (Å²) in [5.74, 6) is 1.07. The fourth-order valence-electron chi connectivity index (χ4n) is 2.85. The van der Waals surface area contributed by atoms with E-state index in [-0.39, 0.29) is 18.1 Å². The second-order valence-electron chi connectivity index (χ2n) is 5.68. The Morgan fingerprint density at radius 3 is 2.06 bits per heavy atom. The van der Waals surface area contributed by atoms with Crippen LogP contribution < -0.4 is 4.74 Å². The number of hydrogen-bond acceptors (Lipinski definition) is 2. The highest BCUT2D eigenvalue weighted by Crippen LogP contribution is 2.49. The molecule has 0 aromatic heterocycles. The summed E-state index contributed by atoms with van der Waals surface area (Å²) in [5.41, 5.74) is 6.00. The Bertz CT molecular complexity index is 473. The number of aliphatic hydroxyl groups is 1. The van der Waals surface area contributed by atoms with E-state index in [1.807, 2.05) is 0 Å². The van der Waals surface area contributed by atoms with Crippen LogP contribution in [-0.2, 0) is 0 Å². The van der Waals surface area contributed by atoms with E-state index >= 15 is 0 Å². The highest BCUT2D eigenvalue weighted by atomic mass is 16.5. The first-order valence-electron chi connectivity index (χ1n) is 6.21. The average Bonchev–Trinajstić information content (AvgIpc) is 2.54. The van der Waals surface area contributed by atoms with Crippen LogP contribution in [0.3, 0.4) is 0 Å². The van der Waals surface area contributed by atoms with Crippen molar-refractivity contribution >= 4 is 0 Å². The molecule has 1 aromatic carbocycles. The van der Waals surface area contributed by atoms with Gasteiger partial charge in [0.1, 0.15) is 11.4 Å². The molecule has 0 radical (unpaired) electrons. The molecule has 0 bridgehead atoms. The summed E-state index contributed by atoms with van der Waals surface area (Å²) >= 11 is 0. The quantitative estimate of drug-likeness (QED) is 0.808. The predicted octanol–water partition coefficient (Wildman–Crippen LogP) is 3.17. The number of rotatable bonds is 1. The first kappa shape index (κ1) is 12.4. The van der Waals surface area contributed by atoms with Gasteiger partial charge in [0.25, 0.3) is 0 Å². The van der Waals surface area contributed by atoms with Crippen LogP contribution in [0, 0.1) is 27.7 Å². The van der Waals surface area contributed by atoms with Crippen molar-refractivity contribution in [3.63, 3.8) is 0 Å². The number of ether oxygens (including phenoxy) is 1. The third-order valence-electron chi connectivity index (χ3n) is 4.41. The first-order valence-corrected chi connectivity index (χ1v) is 6.21. The zero-order chi connectivity index (χ0) is 13.0. The van der Waals surface area contributed by atoms with Gasteiger partial charge in [-0.3, -0.25) is 0 Å². The van der Waals surface area contributed by atoms with Crippen LogP contribution in [0.4, 0.5) is 0 Å². The zero-order valence-corrected chi connectivity index (χ0v) is 11.6. The molecule has 1 aliphatic heterocycles. The lowest BCUT2D eigenvalue weighted by Crippen LogP contribution is -2.32. The minimum Gasteiger partial charge on any atom is -0.487 e. The minimum absolute atomic E-state index is 0.0792. The van der Waals surface area contributed by atoms with E-state index < -0.39 is 0 Å². The molecule has 2 rings (SSSR count). The molecule has 0 spiro atoms. The van der Waals surface area contributed by atoms with Crippen molar-refractivity contribution in [3.8, 4) is 5.75 Å². The molecule has 1 aromatic rings. The van der Waals surface area contributed by atoms with Gasteiger partial charge in [0.05, 0.1) is 12.5 Å². The fourth-order valence-corrected chi connectivity index (χ4v) is 2.85. The van der Waals surface area contributed by atoms with E-state index in [0.29, 0.717) is 0 Å². The topological polar surface area (TPSA) is 29.5 Å². The van der Waals surface area contributed by atoms with Gasteiger partial charge in [-0.2, -0.15) is 0 Å². The zero-order valence-electron chi connectivity index (χ0n) is 11.6. The van der Waals surface area contributed by atoms with Gasteiger partial charge in [0, 0.05) is 5.56 Å². The molecule has 1 heterocycles. The Labute approximate surface area is 104 Å². The Kier molecular flexibility index (Phi) is 2.74. The largest absolute Gasteiger partial charge is 0.487 e. The van der Waals surface area contributed by atoms with Gasteiger partial charge in [-0.1, -0.05) is 0 Å². The van der Waals surface area contributed by atoms with E-state index in [1.165, 1.54) is 27.8 Å². The molecule has 1 atom stereocenters. The molecular formula is C15H22O2. The second kappa shape index (κ2) is 3.74. The average molecular weight is 234 g/mol. The highest BCUT2D eigenvalue weighted by molar-refractivity contribution is 5.58. The summed E-state index contributed by atoms with van der Waals surface area (Å²) in [7, 11) is 0. The van der Waals surface area contributed by atoms with Crippen molar-refractivity contribution in [1.82, 2.24) is 0 Å². The monoisotopic (exact) mass is 234 g/mol. The van der Waals surface area contributed by atoms with Crippen LogP contribution >= 0.6 is 0 Å². The van der Waals surface area contributed by atoms with Crippen LogP contribution in [0.25, 0.3) is 0 Å². The standard InChI is InChI=1S/C15H22O2/c1-8-9(2)11(4)14-13(10(8)3)12(7-16)15(5,6)17-14/h12,16H,7H2,1-6H3. The Morgan fingerprint density at radius 1 is 1.00 bits per heavy atom. The van der Waals surface area contributed by atoms with Gasteiger partial charge in [-0.25, -0.2) is 0 Å². The molecule has 0 saturated heterocycles. The number of fused-ring (bicyclic) bond motifs is 1. The lowest BCUT2D eigenvalue weighted by Gasteiger charge is -2.25. The van der Waals surface area contributed by atoms with Gasteiger partial charge >= 0.3 is 0 Å². The Hall–Kier alpha value is -1.02. The first-order chi connectivity index (χ1) is 7.81. The molecule has 17 heavy (non-hydrogen) atoms. The maximum Gasteiger partial charge on any atom is 0.127 e. The summed E-state index contributed by atoms with van der Waals surface area (Å²) in [6.45, 7) is 12.8. The van der Waals surface area contributed by atoms with Crippen molar-refractivity contribution in [2.24, 2.45) is 0 Å². The molecule has 2 nitrogen and oxygen atoms in total. The highest BCUT2D eigenvalue weighted by Gasteiger charge is 2.43. The molecule has 0 aliphatic carbocycles. The number of hydrogen-bond donors (Lipinski definition) is 1. The maximum absolute atomic E-state index is 9.64. The molecule has 0 fully saturated rings. The lowest BCUT2D eigenvalue weighted by atomic mass is 9.82. The third-order valence-corrected chi connectivity index (χ3v) is 4.41. The SMILES string of the molecule is Cc1c(C)c(C)c2c(c1C)OC(C)(C)C2CO. The van der Waals surface area contributed by atoms with E-state index in [0.717, 1.165) is 5.75 Å². The van der Waals surface area contributed by atoms with Crippen LogP contribution in [0.1, 0.15) is 47.6 Å². The van der Waals surface area contributed by atoms with Crippen molar-refractivity contribution in [2.75, 3.05) is 6.61 Å². The molecule has 0 amide bonds. The predicted molar refractivity (Wildman–Crippen MR) is 69.9 cm³/mol. The van der Waals surface area contributed by atoms with Crippen molar-refractivity contribution < 1.29 is 9.84 Å². The van der Waals surface area contributed by atoms with Gasteiger partial charge in [0.15, 0.2) is 0 Å². The van der Waals surface area contributed by atoms with Crippen LogP contribution in [0.5, 0.6) is 5.75 Å². The molecular weight excluding hydrogens is 212 g/mol. The van der Waals surface area contributed by atoms with Gasteiger partial charge in [-0.05, 0) is 63.8 Å². The summed E-state index contributed by atoms with van der Waals surface area (Å²) < 4.78 is 6.09. The van der Waals surface area contributed by atoms with Crippen molar-refractivity contribution in [1.29, 1.82) is 0 Å². The fraction of sp³-hybridized carbons (Fsp3) is 0.600. The minimum atomic E-state index is -0.313. The Balaban J connectivity index is 2.75. The smallest absolute Gasteiger partial charge is 0.127 e. The summed E-state index contributed by atoms with van der Waals surface area (Å²) in [6, 6.07) is 0. The van der Waals surface area contributed by atoms with Crippen LogP contribution in [0.2, 0.25) is 0 Å². The van der Waals surface area contributed by atoms with E-state index in [4.69, 9.17) is 4.74 Å². The van der Waals surface area contributed by atoms with Gasteiger partial charge < -0.3 is 9.84 Å². The van der Waals surface area contributed by atoms with E-state index in [9.17, 15) is 5.11 Å². The summed E-state index contributed by atoms with van der Waals surface area (Å²) in [5, 5.41) is 9.64. The lowest BCUT2D eigenvalue weighted by molar-refractivity contribution is 0.0808. The molecule has 0 saturated carbocycles. The van der Waals surface area contributed by atoms with Crippen molar-refractivity contribution in [3.05, 3.63) is 27.8 Å². The van der Waals surface area contributed by atoms with Crippen LogP contribution in [0.15, 0.2) is 0 Å². The normalized spacial score (nSPS) is 21.2. The molecule has 1 N–H and O–H groups in total. The summed E-state index contributed by atoms with van der Waals surface area (Å²) in [6.07, 6.45) is 0. The van der Waals surface area contributed by atoms with E-state index in [2.05, 4.69) is 41.5 Å². The molecule has 94 valence electrons. The number of benzene rings is 1. The van der Waals surface area contributed by atoms with E-state index in [1.54, 1.807) is 0 Å². The van der Waals surface area contributed by atoms with Gasteiger partial charge in [-0.15, -0.1) is 0 Å². The van der Waals surface area contributed by atoms with Gasteiger partial charge in [0.2, 0.25) is 0 Å². The van der Waals surface area contributed by atoms with Crippen molar-refractivity contribution in [2.45, 2.75) is 53.1 Å². The number of aliphatic hydroxyl groups excluding tert-OH is 1. The van der Waals surface area contributed by atoms with Crippen LogP contribution in [-0.4, -0.2) is 17.3 Å². The molecule has 1 unspecified atom stereocenters. The molecule has 2 heteroatoms. The third kappa shape index (κ3) is 1.58.